The molecule has 1 aromatic carbocycles. The fraction of sp³-hybridized carbons (Fsp3) is 0.357. The average molecular weight is 230 g/mol. The molecular formula is C14H18N2O. The van der Waals surface area contributed by atoms with Crippen molar-refractivity contribution in [3.8, 4) is 17.0 Å². The van der Waals surface area contributed by atoms with E-state index in [1.165, 1.54) is 0 Å². The molecule has 0 spiro atoms. The van der Waals surface area contributed by atoms with Crippen molar-refractivity contribution in [3.63, 3.8) is 0 Å². The van der Waals surface area contributed by atoms with Crippen LogP contribution in [0.3, 0.4) is 0 Å². The van der Waals surface area contributed by atoms with E-state index in [0.29, 0.717) is 5.92 Å². The van der Waals surface area contributed by atoms with Gasteiger partial charge in [0.25, 0.3) is 0 Å². The molecule has 17 heavy (non-hydrogen) atoms. The molecule has 3 nitrogen and oxygen atoms in total. The largest absolute Gasteiger partial charge is 0.492 e. The van der Waals surface area contributed by atoms with Crippen molar-refractivity contribution in [1.29, 1.82) is 0 Å². The summed E-state index contributed by atoms with van der Waals surface area (Å²) < 4.78 is 1.88. The topological polar surface area (TPSA) is 38.1 Å². The first kappa shape index (κ1) is 11.7. The summed E-state index contributed by atoms with van der Waals surface area (Å²) in [7, 11) is 0. The van der Waals surface area contributed by atoms with Crippen LogP contribution in [0.25, 0.3) is 11.1 Å². The second-order valence-electron chi connectivity index (χ2n) is 4.73. The van der Waals surface area contributed by atoms with E-state index >= 15 is 0 Å². The van der Waals surface area contributed by atoms with Crippen LogP contribution >= 0.6 is 0 Å². The molecule has 0 aliphatic heterocycles. The summed E-state index contributed by atoms with van der Waals surface area (Å²) in [6.45, 7) is 7.10. The van der Waals surface area contributed by atoms with Gasteiger partial charge >= 0.3 is 0 Å². The molecule has 2 rings (SSSR count). The van der Waals surface area contributed by atoms with E-state index in [1.54, 1.807) is 0 Å². The highest BCUT2D eigenvalue weighted by Gasteiger charge is 2.15. The van der Waals surface area contributed by atoms with Crippen molar-refractivity contribution < 1.29 is 5.11 Å². The zero-order valence-corrected chi connectivity index (χ0v) is 10.5. The molecule has 0 saturated heterocycles. The van der Waals surface area contributed by atoms with Crippen LogP contribution in [0.5, 0.6) is 5.88 Å². The quantitative estimate of drug-likeness (QED) is 0.879. The summed E-state index contributed by atoms with van der Waals surface area (Å²) in [6, 6.07) is 9.88. The fourth-order valence-electron chi connectivity index (χ4n) is 2.00. The van der Waals surface area contributed by atoms with Crippen molar-refractivity contribution >= 4 is 0 Å². The summed E-state index contributed by atoms with van der Waals surface area (Å²) in [5, 5.41) is 14.1. The lowest BCUT2D eigenvalue weighted by atomic mass is 10.1. The Labute approximate surface area is 102 Å². The maximum absolute atomic E-state index is 9.95. The number of nitrogens with zero attached hydrogens (tertiary/aromatic N) is 2. The highest BCUT2D eigenvalue weighted by Crippen LogP contribution is 2.31. The second-order valence-corrected chi connectivity index (χ2v) is 4.73. The molecule has 0 unspecified atom stereocenters. The molecule has 1 N–H and O–H groups in total. The Bertz CT molecular complexity index is 500. The first-order valence-corrected chi connectivity index (χ1v) is 5.91. The zero-order valence-electron chi connectivity index (χ0n) is 10.5. The Kier molecular flexibility index (Phi) is 3.18. The zero-order chi connectivity index (χ0) is 12.4. The standard InChI is InChI=1S/C14H18N2O/c1-10(2)9-16-11(3)13(14(17)15-16)12-7-5-4-6-8-12/h4-8,10H,9H2,1-3H3,(H,15,17). The van der Waals surface area contributed by atoms with Crippen LogP contribution in [-0.2, 0) is 6.54 Å². The van der Waals surface area contributed by atoms with E-state index in [2.05, 4.69) is 18.9 Å². The molecule has 0 saturated carbocycles. The lowest BCUT2D eigenvalue weighted by Gasteiger charge is -2.07. The van der Waals surface area contributed by atoms with Crippen LogP contribution in [0.4, 0.5) is 0 Å². The third-order valence-corrected chi connectivity index (χ3v) is 2.79. The van der Waals surface area contributed by atoms with Crippen LogP contribution in [0.1, 0.15) is 19.5 Å². The summed E-state index contributed by atoms with van der Waals surface area (Å²) >= 11 is 0. The Hall–Kier alpha value is -1.77. The predicted octanol–water partition coefficient (Wildman–Crippen LogP) is 3.22. The third-order valence-electron chi connectivity index (χ3n) is 2.79. The van der Waals surface area contributed by atoms with Crippen molar-refractivity contribution in [2.75, 3.05) is 0 Å². The second kappa shape index (κ2) is 4.62. The molecule has 0 aliphatic rings. The maximum atomic E-state index is 9.95. The molecule has 0 atom stereocenters. The Morgan fingerprint density at radius 3 is 2.47 bits per heavy atom. The van der Waals surface area contributed by atoms with Gasteiger partial charge < -0.3 is 5.11 Å². The smallest absolute Gasteiger partial charge is 0.238 e. The van der Waals surface area contributed by atoms with Crippen LogP contribution in [0.2, 0.25) is 0 Å². The molecular weight excluding hydrogens is 212 g/mol. The van der Waals surface area contributed by atoms with Gasteiger partial charge in [-0.1, -0.05) is 44.2 Å². The SMILES string of the molecule is Cc1c(-c2ccccc2)c(O)nn1CC(C)C. The normalized spacial score (nSPS) is 11.1. The third kappa shape index (κ3) is 2.33. The van der Waals surface area contributed by atoms with E-state index in [0.717, 1.165) is 23.4 Å². The number of rotatable bonds is 3. The van der Waals surface area contributed by atoms with Gasteiger partial charge in [0.15, 0.2) is 0 Å². The average Bonchev–Trinajstić information content (AvgIpc) is 2.54. The van der Waals surface area contributed by atoms with Crippen LogP contribution in [0, 0.1) is 12.8 Å². The van der Waals surface area contributed by atoms with Crippen molar-refractivity contribution in [2.45, 2.75) is 27.3 Å². The molecule has 0 radical (unpaired) electrons. The number of hydrogen-bond donors (Lipinski definition) is 1. The number of benzene rings is 1. The van der Waals surface area contributed by atoms with Gasteiger partial charge in [0.2, 0.25) is 5.88 Å². The van der Waals surface area contributed by atoms with Gasteiger partial charge in [-0.3, -0.25) is 4.68 Å². The molecule has 2 aromatic rings. The van der Waals surface area contributed by atoms with E-state index in [1.807, 2.05) is 41.9 Å². The van der Waals surface area contributed by atoms with E-state index < -0.39 is 0 Å². The van der Waals surface area contributed by atoms with Gasteiger partial charge in [0, 0.05) is 12.2 Å². The van der Waals surface area contributed by atoms with Crippen LogP contribution in [-0.4, -0.2) is 14.9 Å². The van der Waals surface area contributed by atoms with Crippen molar-refractivity contribution in [3.05, 3.63) is 36.0 Å². The lowest BCUT2D eigenvalue weighted by Crippen LogP contribution is -2.07. The van der Waals surface area contributed by atoms with Crippen LogP contribution < -0.4 is 0 Å². The molecule has 90 valence electrons. The summed E-state index contributed by atoms with van der Waals surface area (Å²) in [6.07, 6.45) is 0. The van der Waals surface area contributed by atoms with Gasteiger partial charge in [-0.25, -0.2) is 0 Å². The van der Waals surface area contributed by atoms with E-state index in [4.69, 9.17) is 0 Å². The highest BCUT2D eigenvalue weighted by atomic mass is 16.3. The Morgan fingerprint density at radius 2 is 1.88 bits per heavy atom. The van der Waals surface area contributed by atoms with Gasteiger partial charge in [0.1, 0.15) is 0 Å². The first-order valence-electron chi connectivity index (χ1n) is 5.91. The number of hydrogen-bond acceptors (Lipinski definition) is 2. The Morgan fingerprint density at radius 1 is 1.24 bits per heavy atom. The molecule has 0 aliphatic carbocycles. The molecule has 0 bridgehead atoms. The van der Waals surface area contributed by atoms with E-state index in [9.17, 15) is 5.11 Å². The monoisotopic (exact) mass is 230 g/mol. The molecule has 0 fully saturated rings. The lowest BCUT2D eigenvalue weighted by molar-refractivity contribution is 0.418. The molecule has 1 heterocycles. The molecule has 3 heteroatoms. The van der Waals surface area contributed by atoms with Gasteiger partial charge in [-0.05, 0) is 18.4 Å². The summed E-state index contributed by atoms with van der Waals surface area (Å²) in [5.74, 6) is 0.631. The molecule has 1 aromatic heterocycles. The Balaban J connectivity index is 2.45. The predicted molar refractivity (Wildman–Crippen MR) is 68.9 cm³/mol. The van der Waals surface area contributed by atoms with Gasteiger partial charge in [-0.2, -0.15) is 0 Å². The van der Waals surface area contributed by atoms with Gasteiger partial charge in [-0.15, -0.1) is 5.10 Å². The molecule has 0 amide bonds. The minimum atomic E-state index is 0.120. The summed E-state index contributed by atoms with van der Waals surface area (Å²) in [5.41, 5.74) is 2.87. The van der Waals surface area contributed by atoms with Crippen molar-refractivity contribution in [1.82, 2.24) is 9.78 Å². The maximum Gasteiger partial charge on any atom is 0.238 e. The van der Waals surface area contributed by atoms with Crippen molar-refractivity contribution in [2.24, 2.45) is 5.92 Å². The number of aromatic nitrogens is 2. The first-order chi connectivity index (χ1) is 8.09. The van der Waals surface area contributed by atoms with Gasteiger partial charge in [0.05, 0.1) is 5.56 Å². The highest BCUT2D eigenvalue weighted by molar-refractivity contribution is 5.70. The minimum Gasteiger partial charge on any atom is -0.492 e. The number of aromatic hydroxyl groups is 1. The van der Waals surface area contributed by atoms with E-state index in [-0.39, 0.29) is 5.88 Å². The summed E-state index contributed by atoms with van der Waals surface area (Å²) in [4.78, 5) is 0. The van der Waals surface area contributed by atoms with Crippen LogP contribution in [0.15, 0.2) is 30.3 Å². The fourth-order valence-corrected chi connectivity index (χ4v) is 2.00. The minimum absolute atomic E-state index is 0.120.